The summed E-state index contributed by atoms with van der Waals surface area (Å²) in [6.07, 6.45) is 2.37. The van der Waals surface area contributed by atoms with Crippen LogP contribution >= 0.6 is 13.5 Å². The van der Waals surface area contributed by atoms with Gasteiger partial charge in [-0.3, -0.25) is 4.79 Å². The molecule has 2 atom stereocenters. The van der Waals surface area contributed by atoms with Crippen molar-refractivity contribution in [2.75, 3.05) is 6.61 Å². The molecule has 0 aliphatic carbocycles. The van der Waals surface area contributed by atoms with E-state index >= 15 is 0 Å². The van der Waals surface area contributed by atoms with Gasteiger partial charge in [0.05, 0.1) is 11.5 Å². The zero-order chi connectivity index (χ0) is 14.8. The van der Waals surface area contributed by atoms with Gasteiger partial charge in [0.15, 0.2) is 15.1 Å². The lowest BCUT2D eigenvalue weighted by molar-refractivity contribution is -0.137. The largest absolute Gasteiger partial charge is 0.464 e. The summed E-state index contributed by atoms with van der Waals surface area (Å²) in [4.78, 5) is 12.0. The molecule has 118 valence electrons. The molecule has 1 aliphatic heterocycles. The number of ether oxygens (including phenoxy) is 1. The summed E-state index contributed by atoms with van der Waals surface area (Å²) in [5, 5.41) is -1.05. The van der Waals surface area contributed by atoms with Crippen molar-refractivity contribution in [1.82, 2.24) is 0 Å². The molecule has 2 rings (SSSR count). The van der Waals surface area contributed by atoms with Crippen molar-refractivity contribution in [3.05, 3.63) is 29.8 Å². The molecule has 0 spiro atoms. The number of benzene rings is 1. The van der Waals surface area contributed by atoms with Gasteiger partial charge in [-0.05, 0) is 30.5 Å². The van der Waals surface area contributed by atoms with Crippen molar-refractivity contribution in [2.24, 2.45) is 5.92 Å². The van der Waals surface area contributed by atoms with Gasteiger partial charge in [0.2, 0.25) is 0 Å². The minimum Gasteiger partial charge on any atom is -0.464 e. The minimum absolute atomic E-state index is 0. The number of sulfone groups is 1. The third-order valence-electron chi connectivity index (χ3n) is 3.75. The van der Waals surface area contributed by atoms with Crippen LogP contribution in [0.4, 0.5) is 0 Å². The monoisotopic (exact) mass is 330 g/mol. The summed E-state index contributed by atoms with van der Waals surface area (Å²) >= 11 is 0. The number of rotatable bonds is 5. The molecule has 1 saturated heterocycles. The van der Waals surface area contributed by atoms with Gasteiger partial charge in [-0.25, -0.2) is 8.42 Å². The Morgan fingerprint density at radius 3 is 2.33 bits per heavy atom. The second-order valence-corrected chi connectivity index (χ2v) is 7.21. The number of esters is 1. The quantitative estimate of drug-likeness (QED) is 0.778. The highest BCUT2D eigenvalue weighted by molar-refractivity contribution is 7.92. The summed E-state index contributed by atoms with van der Waals surface area (Å²) in [6, 6.07) is 6.76. The number of cyclic esters (lactones) is 1. The minimum atomic E-state index is -3.66. The molecule has 1 heterocycles. The average molecular weight is 330 g/mol. The Hall–Kier alpha value is -1.01. The lowest BCUT2D eigenvalue weighted by Gasteiger charge is -2.15. The Labute approximate surface area is 133 Å². The van der Waals surface area contributed by atoms with E-state index in [-0.39, 0.29) is 30.9 Å². The number of carbonyl (C=O) groups excluding carboxylic acids is 1. The smallest absolute Gasteiger partial charge is 0.325 e. The van der Waals surface area contributed by atoms with Gasteiger partial charge in [0.1, 0.15) is 0 Å². The van der Waals surface area contributed by atoms with E-state index in [1.54, 1.807) is 24.3 Å². The van der Waals surface area contributed by atoms with Crippen molar-refractivity contribution >= 4 is 29.3 Å². The third kappa shape index (κ3) is 3.61. The predicted molar refractivity (Wildman–Crippen MR) is 86.5 cm³/mol. The van der Waals surface area contributed by atoms with Gasteiger partial charge < -0.3 is 4.74 Å². The maximum Gasteiger partial charge on any atom is 0.325 e. The molecule has 0 amide bonds. The van der Waals surface area contributed by atoms with Crippen molar-refractivity contribution in [2.45, 2.75) is 43.3 Å². The van der Waals surface area contributed by atoms with Crippen LogP contribution in [0.15, 0.2) is 29.2 Å². The van der Waals surface area contributed by atoms with Gasteiger partial charge in [-0.1, -0.05) is 32.4 Å². The molecule has 1 unspecified atom stereocenters. The SMILES string of the molecule is CCC[C@H]1COC(=O)C1S(=O)(=O)c1ccc(CC)cc1.S. The van der Waals surface area contributed by atoms with Crippen LogP contribution in [0.1, 0.15) is 32.3 Å². The Bertz CT molecular complexity index is 578. The summed E-state index contributed by atoms with van der Waals surface area (Å²) in [7, 11) is -3.66. The average Bonchev–Trinajstić information content (AvgIpc) is 2.81. The standard InChI is InChI=1S/C15H20O4S.H2S/c1-3-5-12-10-19-15(16)14(12)20(17,18)13-8-6-11(4-2)7-9-13;/h6-9,12,14H,3-5,10H2,1-2H3;1H2/t12-,14?;/m0./s1. The van der Waals surface area contributed by atoms with E-state index in [0.717, 1.165) is 18.4 Å². The Morgan fingerprint density at radius 2 is 1.81 bits per heavy atom. The van der Waals surface area contributed by atoms with Crippen LogP contribution in [0.3, 0.4) is 0 Å². The van der Waals surface area contributed by atoms with Gasteiger partial charge in [0.25, 0.3) is 0 Å². The molecular formula is C15H22O4S2. The van der Waals surface area contributed by atoms with Crippen LogP contribution in [0.5, 0.6) is 0 Å². The fraction of sp³-hybridized carbons (Fsp3) is 0.533. The number of hydrogen-bond acceptors (Lipinski definition) is 4. The van der Waals surface area contributed by atoms with E-state index in [4.69, 9.17) is 4.74 Å². The summed E-state index contributed by atoms with van der Waals surface area (Å²) < 4.78 is 30.2. The first-order chi connectivity index (χ1) is 9.50. The van der Waals surface area contributed by atoms with E-state index in [2.05, 4.69) is 0 Å². The number of hydrogen-bond donors (Lipinski definition) is 0. The molecule has 1 aromatic carbocycles. The summed E-state index contributed by atoms with van der Waals surface area (Å²) in [6.45, 7) is 4.20. The van der Waals surface area contributed by atoms with Crippen molar-refractivity contribution in [3.63, 3.8) is 0 Å². The van der Waals surface area contributed by atoms with E-state index < -0.39 is 21.1 Å². The highest BCUT2D eigenvalue weighted by Crippen LogP contribution is 2.30. The first-order valence-corrected chi connectivity index (χ1v) is 8.54. The topological polar surface area (TPSA) is 60.4 Å². The Morgan fingerprint density at radius 1 is 1.19 bits per heavy atom. The number of aryl methyl sites for hydroxylation is 1. The molecule has 6 heteroatoms. The number of carbonyl (C=O) groups is 1. The van der Waals surface area contributed by atoms with Crippen LogP contribution in [-0.4, -0.2) is 26.2 Å². The van der Waals surface area contributed by atoms with Gasteiger partial charge >= 0.3 is 5.97 Å². The molecule has 0 bridgehead atoms. The van der Waals surface area contributed by atoms with Crippen molar-refractivity contribution < 1.29 is 17.9 Å². The third-order valence-corrected chi connectivity index (χ3v) is 5.93. The van der Waals surface area contributed by atoms with Crippen LogP contribution in [0.2, 0.25) is 0 Å². The maximum atomic E-state index is 12.6. The van der Waals surface area contributed by atoms with Gasteiger partial charge in [-0.2, -0.15) is 13.5 Å². The van der Waals surface area contributed by atoms with Gasteiger partial charge in [-0.15, -0.1) is 0 Å². The second kappa shape index (κ2) is 7.31. The van der Waals surface area contributed by atoms with E-state index in [1.165, 1.54) is 0 Å². The second-order valence-electron chi connectivity index (χ2n) is 5.14. The predicted octanol–water partition coefficient (Wildman–Crippen LogP) is 2.48. The van der Waals surface area contributed by atoms with Crippen LogP contribution < -0.4 is 0 Å². The first-order valence-electron chi connectivity index (χ1n) is 7.00. The molecule has 1 aromatic rings. The molecule has 0 aromatic heterocycles. The van der Waals surface area contributed by atoms with Crippen molar-refractivity contribution in [1.29, 1.82) is 0 Å². The lowest BCUT2D eigenvalue weighted by Crippen LogP contribution is -2.32. The zero-order valence-corrected chi connectivity index (χ0v) is 14.2. The van der Waals surface area contributed by atoms with E-state index in [0.29, 0.717) is 6.42 Å². The molecular weight excluding hydrogens is 308 g/mol. The highest BCUT2D eigenvalue weighted by atomic mass is 32.2. The van der Waals surface area contributed by atoms with Crippen LogP contribution in [0, 0.1) is 5.92 Å². The molecule has 1 fully saturated rings. The molecule has 0 N–H and O–H groups in total. The normalized spacial score (nSPS) is 21.7. The molecule has 1 aliphatic rings. The fourth-order valence-electron chi connectivity index (χ4n) is 2.60. The van der Waals surface area contributed by atoms with Gasteiger partial charge in [0, 0.05) is 5.92 Å². The Balaban J connectivity index is 0.00000220. The Kier molecular flexibility index (Phi) is 6.28. The fourth-order valence-corrected chi connectivity index (χ4v) is 4.45. The van der Waals surface area contributed by atoms with E-state index in [1.807, 2.05) is 13.8 Å². The van der Waals surface area contributed by atoms with Crippen molar-refractivity contribution in [3.8, 4) is 0 Å². The summed E-state index contributed by atoms with van der Waals surface area (Å²) in [5.74, 6) is -0.841. The van der Waals surface area contributed by atoms with E-state index in [9.17, 15) is 13.2 Å². The highest BCUT2D eigenvalue weighted by Gasteiger charge is 2.46. The summed E-state index contributed by atoms with van der Waals surface area (Å²) in [5.41, 5.74) is 1.07. The van der Waals surface area contributed by atoms with Crippen LogP contribution in [-0.2, 0) is 25.8 Å². The molecule has 0 saturated carbocycles. The first kappa shape index (κ1) is 18.0. The molecule has 0 radical (unpaired) electrons. The van der Waals surface area contributed by atoms with Crippen LogP contribution in [0.25, 0.3) is 0 Å². The molecule has 4 nitrogen and oxygen atoms in total. The lowest BCUT2D eigenvalue weighted by atomic mass is 10.0. The molecule has 21 heavy (non-hydrogen) atoms. The zero-order valence-electron chi connectivity index (χ0n) is 12.3. The maximum absolute atomic E-state index is 12.6.